The monoisotopic (exact) mass is 474 g/mol. The number of halogens is 1. The Morgan fingerprint density at radius 1 is 0.969 bits per heavy atom. The molecule has 32 heavy (non-hydrogen) atoms. The molecule has 3 rings (SSSR count). The van der Waals surface area contributed by atoms with E-state index in [1.54, 1.807) is 56.5 Å². The summed E-state index contributed by atoms with van der Waals surface area (Å²) >= 11 is 6.06. The maximum Gasteiger partial charge on any atom is 0.265 e. The molecule has 0 spiro atoms. The van der Waals surface area contributed by atoms with Crippen molar-refractivity contribution >= 4 is 38.9 Å². The van der Waals surface area contributed by atoms with Crippen LogP contribution < -0.4 is 19.5 Å². The molecule has 0 saturated carbocycles. The van der Waals surface area contributed by atoms with E-state index in [-0.39, 0.29) is 10.8 Å². The lowest BCUT2D eigenvalue weighted by Crippen LogP contribution is -2.30. The summed E-state index contributed by atoms with van der Waals surface area (Å²) in [6.07, 6.45) is -0.779. The Kier molecular flexibility index (Phi) is 7.27. The second-order valence-electron chi connectivity index (χ2n) is 7.02. The van der Waals surface area contributed by atoms with E-state index in [4.69, 9.17) is 21.1 Å². The first-order chi connectivity index (χ1) is 15.2. The number of ether oxygens (including phenoxy) is 2. The second-order valence-corrected chi connectivity index (χ2v) is 9.11. The first-order valence-electron chi connectivity index (χ1n) is 9.68. The number of rotatable bonds is 8. The van der Waals surface area contributed by atoms with Crippen molar-refractivity contribution in [2.45, 2.75) is 24.8 Å². The van der Waals surface area contributed by atoms with E-state index in [1.165, 1.54) is 24.3 Å². The van der Waals surface area contributed by atoms with Crippen LogP contribution in [0.3, 0.4) is 0 Å². The highest BCUT2D eigenvalue weighted by Crippen LogP contribution is 2.24. The van der Waals surface area contributed by atoms with Crippen molar-refractivity contribution in [3.05, 3.63) is 77.3 Å². The number of amides is 1. The topological polar surface area (TPSA) is 93.7 Å². The molecule has 9 heteroatoms. The number of anilines is 2. The standard InChI is InChI=1S/C23H23ClN2O5S/c1-15-7-8-18(13-22(15)24)26-32(28,29)21-11-9-17(10-12-21)25-23(27)16(2)31-20-6-4-5-19(14-20)30-3/h4-14,16,26H,1-3H3,(H,25,27). The van der Waals surface area contributed by atoms with E-state index < -0.39 is 16.1 Å². The first kappa shape index (κ1) is 23.4. The molecule has 0 aliphatic rings. The number of carbonyl (C=O) groups excluding carboxylic acids is 1. The molecule has 0 fully saturated rings. The molecule has 3 aromatic rings. The van der Waals surface area contributed by atoms with Gasteiger partial charge < -0.3 is 14.8 Å². The third-order valence-corrected chi connectivity index (χ3v) is 6.38. The lowest BCUT2D eigenvalue weighted by molar-refractivity contribution is -0.122. The van der Waals surface area contributed by atoms with Gasteiger partial charge in [0.1, 0.15) is 11.5 Å². The third kappa shape index (κ3) is 5.93. The van der Waals surface area contributed by atoms with Gasteiger partial charge in [-0.1, -0.05) is 23.7 Å². The zero-order valence-electron chi connectivity index (χ0n) is 17.8. The Bertz CT molecular complexity index is 1210. The number of benzene rings is 3. The number of methoxy groups -OCH3 is 1. The first-order valence-corrected chi connectivity index (χ1v) is 11.5. The van der Waals surface area contributed by atoms with Crippen molar-refractivity contribution in [1.82, 2.24) is 0 Å². The number of sulfonamides is 1. The quantitative estimate of drug-likeness (QED) is 0.486. The van der Waals surface area contributed by atoms with E-state index in [0.717, 1.165) is 5.56 Å². The van der Waals surface area contributed by atoms with Crippen LogP contribution in [0.2, 0.25) is 5.02 Å². The van der Waals surface area contributed by atoms with Gasteiger partial charge in [-0.05, 0) is 67.9 Å². The molecule has 0 aliphatic heterocycles. The van der Waals surface area contributed by atoms with E-state index >= 15 is 0 Å². The van der Waals surface area contributed by atoms with Crippen LogP contribution in [0.15, 0.2) is 71.6 Å². The van der Waals surface area contributed by atoms with Crippen molar-refractivity contribution in [2.75, 3.05) is 17.1 Å². The number of hydrogen-bond acceptors (Lipinski definition) is 5. The fraction of sp³-hybridized carbons (Fsp3) is 0.174. The van der Waals surface area contributed by atoms with Gasteiger partial charge in [-0.3, -0.25) is 9.52 Å². The molecule has 1 unspecified atom stereocenters. The summed E-state index contributed by atoms with van der Waals surface area (Å²) in [7, 11) is -2.26. The maximum absolute atomic E-state index is 12.6. The van der Waals surface area contributed by atoms with Crippen molar-refractivity contribution in [3.8, 4) is 11.5 Å². The summed E-state index contributed by atoms with van der Waals surface area (Å²) in [4.78, 5) is 12.5. The summed E-state index contributed by atoms with van der Waals surface area (Å²) in [5.41, 5.74) is 1.65. The Morgan fingerprint density at radius 2 is 1.62 bits per heavy atom. The van der Waals surface area contributed by atoms with Gasteiger partial charge in [-0.2, -0.15) is 0 Å². The molecule has 3 aromatic carbocycles. The molecule has 168 valence electrons. The van der Waals surface area contributed by atoms with Crippen LogP contribution in [0.5, 0.6) is 11.5 Å². The van der Waals surface area contributed by atoms with Crippen molar-refractivity contribution in [3.63, 3.8) is 0 Å². The van der Waals surface area contributed by atoms with Crippen LogP contribution >= 0.6 is 11.6 Å². The van der Waals surface area contributed by atoms with E-state index in [2.05, 4.69) is 10.0 Å². The molecule has 0 bridgehead atoms. The second kappa shape index (κ2) is 9.93. The molecule has 7 nitrogen and oxygen atoms in total. The van der Waals surface area contributed by atoms with Gasteiger partial charge in [0.15, 0.2) is 6.10 Å². The van der Waals surface area contributed by atoms with Gasteiger partial charge in [0.2, 0.25) is 0 Å². The summed E-state index contributed by atoms with van der Waals surface area (Å²) in [6.45, 7) is 3.44. The van der Waals surface area contributed by atoms with Crippen molar-refractivity contribution in [2.24, 2.45) is 0 Å². The van der Waals surface area contributed by atoms with E-state index in [9.17, 15) is 13.2 Å². The number of aryl methyl sites for hydroxylation is 1. The summed E-state index contributed by atoms with van der Waals surface area (Å²) in [5, 5.41) is 3.17. The lowest BCUT2D eigenvalue weighted by atomic mass is 10.2. The molecule has 2 N–H and O–H groups in total. The zero-order valence-corrected chi connectivity index (χ0v) is 19.3. The molecular formula is C23H23ClN2O5S. The normalized spacial score (nSPS) is 12.0. The minimum absolute atomic E-state index is 0.0490. The average Bonchev–Trinajstić information content (AvgIpc) is 2.76. The summed E-state index contributed by atoms with van der Waals surface area (Å²) in [5.74, 6) is 0.736. The van der Waals surface area contributed by atoms with Crippen LogP contribution in [0.1, 0.15) is 12.5 Å². The molecular weight excluding hydrogens is 452 g/mol. The van der Waals surface area contributed by atoms with E-state index in [0.29, 0.717) is 27.9 Å². The highest BCUT2D eigenvalue weighted by atomic mass is 35.5. The Morgan fingerprint density at radius 3 is 2.28 bits per heavy atom. The third-order valence-electron chi connectivity index (χ3n) is 4.58. The van der Waals surface area contributed by atoms with Crippen molar-refractivity contribution < 1.29 is 22.7 Å². The average molecular weight is 475 g/mol. The Labute approximate surface area is 192 Å². The van der Waals surface area contributed by atoms with Gasteiger partial charge >= 0.3 is 0 Å². The molecule has 0 saturated heterocycles. The fourth-order valence-corrected chi connectivity index (χ4v) is 3.99. The Balaban J connectivity index is 1.64. The molecule has 0 aromatic heterocycles. The largest absolute Gasteiger partial charge is 0.497 e. The summed E-state index contributed by atoms with van der Waals surface area (Å²) in [6, 6.07) is 17.7. The highest BCUT2D eigenvalue weighted by Gasteiger charge is 2.17. The van der Waals surface area contributed by atoms with Crippen molar-refractivity contribution in [1.29, 1.82) is 0 Å². The maximum atomic E-state index is 12.6. The zero-order chi connectivity index (χ0) is 23.3. The smallest absolute Gasteiger partial charge is 0.265 e. The molecule has 1 amide bonds. The van der Waals surface area contributed by atoms with Gasteiger partial charge in [0, 0.05) is 16.8 Å². The minimum Gasteiger partial charge on any atom is -0.497 e. The van der Waals surface area contributed by atoms with Gasteiger partial charge in [0.25, 0.3) is 15.9 Å². The number of carbonyl (C=O) groups is 1. The van der Waals surface area contributed by atoms with Gasteiger partial charge in [-0.25, -0.2) is 8.42 Å². The van der Waals surface area contributed by atoms with Crippen LogP contribution in [-0.4, -0.2) is 27.5 Å². The van der Waals surface area contributed by atoms with Gasteiger partial charge in [0.05, 0.1) is 17.7 Å². The van der Waals surface area contributed by atoms with Crippen LogP contribution in [0, 0.1) is 6.92 Å². The predicted octanol–water partition coefficient (Wildman–Crippen LogP) is 4.86. The Hall–Kier alpha value is -3.23. The predicted molar refractivity (Wildman–Crippen MR) is 125 cm³/mol. The number of nitrogens with one attached hydrogen (secondary N) is 2. The van der Waals surface area contributed by atoms with Gasteiger partial charge in [-0.15, -0.1) is 0 Å². The van der Waals surface area contributed by atoms with Crippen LogP contribution in [-0.2, 0) is 14.8 Å². The van der Waals surface area contributed by atoms with E-state index in [1.807, 2.05) is 6.92 Å². The van der Waals surface area contributed by atoms with Crippen LogP contribution in [0.25, 0.3) is 0 Å². The highest BCUT2D eigenvalue weighted by molar-refractivity contribution is 7.92. The molecule has 1 atom stereocenters. The molecule has 0 aliphatic carbocycles. The molecule has 0 heterocycles. The number of hydrogen-bond donors (Lipinski definition) is 2. The summed E-state index contributed by atoms with van der Waals surface area (Å²) < 4.78 is 38.5. The molecule has 0 radical (unpaired) electrons. The van der Waals surface area contributed by atoms with Crippen LogP contribution in [0.4, 0.5) is 11.4 Å². The minimum atomic E-state index is -3.81. The SMILES string of the molecule is COc1cccc(OC(C)C(=O)Nc2ccc(S(=O)(=O)Nc3ccc(C)c(Cl)c3)cc2)c1. The fourth-order valence-electron chi connectivity index (χ4n) is 2.76. The lowest BCUT2D eigenvalue weighted by Gasteiger charge is -2.15.